The SMILES string of the molecule is NC(=O)C(CC(Cc1ccccc1)c1ccccc1)C1CCCc2c(OCC(=O)O)cccc21. The molecule has 0 saturated carbocycles. The lowest BCUT2D eigenvalue weighted by Crippen LogP contribution is -2.32. The fourth-order valence-corrected chi connectivity index (χ4v) is 5.29. The van der Waals surface area contributed by atoms with E-state index in [2.05, 4.69) is 24.3 Å². The van der Waals surface area contributed by atoms with Crippen LogP contribution < -0.4 is 10.5 Å². The minimum absolute atomic E-state index is 0.0170. The molecule has 1 aliphatic rings. The third-order valence-corrected chi connectivity index (χ3v) is 6.85. The maximum Gasteiger partial charge on any atom is 0.341 e. The monoisotopic (exact) mass is 457 g/mol. The van der Waals surface area contributed by atoms with Crippen molar-refractivity contribution in [1.82, 2.24) is 0 Å². The quantitative estimate of drug-likeness (QED) is 0.444. The zero-order valence-electron chi connectivity index (χ0n) is 19.2. The molecule has 0 saturated heterocycles. The van der Waals surface area contributed by atoms with Crippen molar-refractivity contribution in [2.75, 3.05) is 6.61 Å². The Labute approximate surface area is 200 Å². The van der Waals surface area contributed by atoms with E-state index in [0.29, 0.717) is 12.2 Å². The third kappa shape index (κ3) is 5.66. The van der Waals surface area contributed by atoms with E-state index in [1.54, 1.807) is 0 Å². The molecule has 1 aliphatic carbocycles. The molecule has 5 heteroatoms. The molecule has 3 aromatic carbocycles. The Hall–Kier alpha value is -3.60. The van der Waals surface area contributed by atoms with Gasteiger partial charge in [0.15, 0.2) is 6.61 Å². The number of ether oxygens (including phenoxy) is 1. The molecular formula is C29H31NO4. The Balaban J connectivity index is 1.64. The van der Waals surface area contributed by atoms with Crippen molar-refractivity contribution in [3.05, 3.63) is 101 Å². The van der Waals surface area contributed by atoms with Gasteiger partial charge in [-0.15, -0.1) is 0 Å². The van der Waals surface area contributed by atoms with E-state index in [4.69, 9.17) is 15.6 Å². The molecule has 0 heterocycles. The predicted octanol–water partition coefficient (Wildman–Crippen LogP) is 5.09. The van der Waals surface area contributed by atoms with Crippen molar-refractivity contribution in [3.8, 4) is 5.75 Å². The summed E-state index contributed by atoms with van der Waals surface area (Å²) < 4.78 is 5.57. The lowest BCUT2D eigenvalue weighted by molar-refractivity contribution is -0.139. The van der Waals surface area contributed by atoms with Crippen molar-refractivity contribution >= 4 is 11.9 Å². The Kier molecular flexibility index (Phi) is 7.63. The lowest BCUT2D eigenvalue weighted by Gasteiger charge is -2.33. The minimum atomic E-state index is -1.01. The highest BCUT2D eigenvalue weighted by atomic mass is 16.5. The number of carboxylic acids is 1. The number of carbonyl (C=O) groups excluding carboxylic acids is 1. The van der Waals surface area contributed by atoms with Crippen molar-refractivity contribution in [2.45, 2.75) is 43.9 Å². The van der Waals surface area contributed by atoms with Gasteiger partial charge in [0, 0.05) is 5.92 Å². The van der Waals surface area contributed by atoms with Gasteiger partial charge in [-0.3, -0.25) is 4.79 Å². The number of nitrogens with two attached hydrogens (primary N) is 1. The summed E-state index contributed by atoms with van der Waals surface area (Å²) in [6.45, 7) is -0.381. The van der Waals surface area contributed by atoms with Crippen LogP contribution in [0, 0.1) is 5.92 Å². The molecule has 3 unspecified atom stereocenters. The molecule has 0 fully saturated rings. The first-order valence-corrected chi connectivity index (χ1v) is 11.9. The zero-order valence-corrected chi connectivity index (χ0v) is 19.2. The maximum absolute atomic E-state index is 12.8. The van der Waals surface area contributed by atoms with Crippen LogP contribution in [-0.2, 0) is 22.4 Å². The van der Waals surface area contributed by atoms with Gasteiger partial charge in [0.1, 0.15) is 5.75 Å². The van der Waals surface area contributed by atoms with Crippen LogP contribution in [0.1, 0.15) is 53.4 Å². The Morgan fingerprint density at radius 1 is 0.971 bits per heavy atom. The van der Waals surface area contributed by atoms with Crippen LogP contribution in [-0.4, -0.2) is 23.6 Å². The molecular weight excluding hydrogens is 426 g/mol. The van der Waals surface area contributed by atoms with Crippen LogP contribution in [0.4, 0.5) is 0 Å². The number of carboxylic acid groups (broad SMARTS) is 1. The predicted molar refractivity (Wildman–Crippen MR) is 132 cm³/mol. The molecule has 4 rings (SSSR count). The second kappa shape index (κ2) is 11.0. The van der Waals surface area contributed by atoms with Crippen molar-refractivity contribution in [1.29, 1.82) is 0 Å². The Morgan fingerprint density at radius 3 is 2.35 bits per heavy atom. The van der Waals surface area contributed by atoms with Crippen LogP contribution in [0.15, 0.2) is 78.9 Å². The second-order valence-corrected chi connectivity index (χ2v) is 9.05. The number of benzene rings is 3. The van der Waals surface area contributed by atoms with Gasteiger partial charge in [0.2, 0.25) is 5.91 Å². The van der Waals surface area contributed by atoms with Crippen molar-refractivity contribution in [2.24, 2.45) is 11.7 Å². The molecule has 3 aromatic rings. The maximum atomic E-state index is 12.8. The Bertz CT molecular complexity index is 1110. The summed E-state index contributed by atoms with van der Waals surface area (Å²) in [6.07, 6.45) is 4.06. The minimum Gasteiger partial charge on any atom is -0.482 e. The summed E-state index contributed by atoms with van der Waals surface area (Å²) in [5, 5.41) is 9.03. The summed E-state index contributed by atoms with van der Waals surface area (Å²) in [7, 11) is 0. The lowest BCUT2D eigenvalue weighted by atomic mass is 9.71. The number of carbonyl (C=O) groups is 2. The number of rotatable bonds is 10. The molecule has 0 radical (unpaired) electrons. The van der Waals surface area contributed by atoms with Gasteiger partial charge in [-0.1, -0.05) is 72.8 Å². The second-order valence-electron chi connectivity index (χ2n) is 9.05. The zero-order chi connectivity index (χ0) is 23.9. The van der Waals surface area contributed by atoms with E-state index in [-0.39, 0.29) is 30.3 Å². The highest BCUT2D eigenvalue weighted by molar-refractivity contribution is 5.78. The van der Waals surface area contributed by atoms with E-state index >= 15 is 0 Å². The molecule has 0 aromatic heterocycles. The van der Waals surface area contributed by atoms with E-state index in [1.807, 2.05) is 54.6 Å². The van der Waals surface area contributed by atoms with Crippen LogP contribution in [0.2, 0.25) is 0 Å². The Morgan fingerprint density at radius 2 is 1.68 bits per heavy atom. The summed E-state index contributed by atoms with van der Waals surface area (Å²) in [5.74, 6) is -0.899. The van der Waals surface area contributed by atoms with Crippen molar-refractivity contribution < 1.29 is 19.4 Å². The fourth-order valence-electron chi connectivity index (χ4n) is 5.29. The molecule has 0 aliphatic heterocycles. The van der Waals surface area contributed by atoms with Gasteiger partial charge in [-0.2, -0.15) is 0 Å². The number of hydrogen-bond donors (Lipinski definition) is 2. The van der Waals surface area contributed by atoms with Gasteiger partial charge in [-0.25, -0.2) is 4.79 Å². The number of hydrogen-bond acceptors (Lipinski definition) is 3. The molecule has 3 atom stereocenters. The van der Waals surface area contributed by atoms with E-state index in [0.717, 1.165) is 36.8 Å². The van der Waals surface area contributed by atoms with Gasteiger partial charge in [-0.05, 0) is 72.3 Å². The number of amides is 1. The average molecular weight is 458 g/mol. The number of primary amides is 1. The molecule has 34 heavy (non-hydrogen) atoms. The number of aliphatic carboxylic acids is 1. The molecule has 5 nitrogen and oxygen atoms in total. The van der Waals surface area contributed by atoms with Crippen LogP contribution in [0.25, 0.3) is 0 Å². The van der Waals surface area contributed by atoms with Gasteiger partial charge in [0.05, 0.1) is 0 Å². The fraction of sp³-hybridized carbons (Fsp3) is 0.310. The standard InChI is InChI=1S/C29H31NO4/c30-29(33)26(18-22(21-11-5-2-6-12-21)17-20-9-3-1-4-10-20)24-13-7-15-25-23(24)14-8-16-27(25)34-19-28(31)32/h1-6,8-12,14,16,22,24,26H,7,13,15,17-19H2,(H2,30,33)(H,31,32). The normalized spacial score (nSPS) is 16.8. The molecule has 0 spiro atoms. The average Bonchev–Trinajstić information content (AvgIpc) is 2.86. The highest BCUT2D eigenvalue weighted by Crippen LogP contribution is 2.44. The molecule has 1 amide bonds. The summed E-state index contributed by atoms with van der Waals surface area (Å²) in [4.78, 5) is 23.9. The number of fused-ring (bicyclic) bond motifs is 1. The highest BCUT2D eigenvalue weighted by Gasteiger charge is 2.34. The van der Waals surface area contributed by atoms with Crippen LogP contribution >= 0.6 is 0 Å². The molecule has 176 valence electrons. The van der Waals surface area contributed by atoms with Crippen LogP contribution in [0.5, 0.6) is 5.75 Å². The third-order valence-electron chi connectivity index (χ3n) is 6.85. The summed E-state index contributed by atoms with van der Waals surface area (Å²) >= 11 is 0. The largest absolute Gasteiger partial charge is 0.482 e. The van der Waals surface area contributed by atoms with E-state index in [1.165, 1.54) is 11.1 Å². The van der Waals surface area contributed by atoms with Gasteiger partial charge >= 0.3 is 5.97 Å². The van der Waals surface area contributed by atoms with Gasteiger partial charge < -0.3 is 15.6 Å². The first kappa shape index (κ1) is 23.6. The van der Waals surface area contributed by atoms with Crippen LogP contribution in [0.3, 0.4) is 0 Å². The molecule has 3 N–H and O–H groups in total. The first-order chi connectivity index (χ1) is 16.5. The first-order valence-electron chi connectivity index (χ1n) is 11.9. The van der Waals surface area contributed by atoms with E-state index in [9.17, 15) is 9.59 Å². The van der Waals surface area contributed by atoms with Crippen molar-refractivity contribution in [3.63, 3.8) is 0 Å². The van der Waals surface area contributed by atoms with E-state index < -0.39 is 5.97 Å². The topological polar surface area (TPSA) is 89.6 Å². The summed E-state index contributed by atoms with van der Waals surface area (Å²) in [6, 6.07) is 26.4. The summed E-state index contributed by atoms with van der Waals surface area (Å²) in [5.41, 5.74) is 10.5. The molecule has 0 bridgehead atoms. The smallest absolute Gasteiger partial charge is 0.341 e. The van der Waals surface area contributed by atoms with Gasteiger partial charge in [0.25, 0.3) is 0 Å².